The molecule has 4 nitrogen and oxygen atoms in total. The molecule has 0 unspecified atom stereocenters. The van der Waals surface area contributed by atoms with Gasteiger partial charge in [-0.05, 0) is 31.0 Å². The van der Waals surface area contributed by atoms with E-state index in [1.54, 1.807) is 0 Å². The number of fused-ring (bicyclic) bond motifs is 1. The van der Waals surface area contributed by atoms with Crippen LogP contribution in [0.15, 0.2) is 30.6 Å². The van der Waals surface area contributed by atoms with Gasteiger partial charge < -0.3 is 4.57 Å². The van der Waals surface area contributed by atoms with Crippen LogP contribution >= 0.6 is 0 Å². The monoisotopic (exact) mass is 238 g/mol. The van der Waals surface area contributed by atoms with Crippen LogP contribution in [0.2, 0.25) is 0 Å². The normalized spacial score (nSPS) is 15.4. The second-order valence-electron chi connectivity index (χ2n) is 4.97. The van der Waals surface area contributed by atoms with E-state index >= 15 is 0 Å². The summed E-state index contributed by atoms with van der Waals surface area (Å²) in [6, 6.07) is 6.22. The van der Waals surface area contributed by atoms with Gasteiger partial charge >= 0.3 is 0 Å². The first-order valence-corrected chi connectivity index (χ1v) is 6.28. The average molecular weight is 238 g/mol. The highest BCUT2D eigenvalue weighted by atomic mass is 15.1. The molecule has 0 saturated heterocycles. The Bertz CT molecular complexity index is 718. The van der Waals surface area contributed by atoms with Crippen molar-refractivity contribution in [2.75, 3.05) is 0 Å². The molecule has 1 N–H and O–H groups in total. The molecule has 1 aliphatic carbocycles. The lowest BCUT2D eigenvalue weighted by Gasteiger charge is -2.04. The Morgan fingerprint density at radius 1 is 1.39 bits per heavy atom. The SMILES string of the molecule is Cn1c(-c2cn[nH]c2C2CC2)cc2ncccc21. The molecule has 1 fully saturated rings. The Hall–Kier alpha value is -2.10. The van der Waals surface area contributed by atoms with Crippen LogP contribution in [0.1, 0.15) is 24.5 Å². The Labute approximate surface area is 105 Å². The first-order chi connectivity index (χ1) is 8.84. The van der Waals surface area contributed by atoms with Crippen LogP contribution in [0.4, 0.5) is 0 Å². The van der Waals surface area contributed by atoms with Crippen molar-refractivity contribution in [2.24, 2.45) is 7.05 Å². The van der Waals surface area contributed by atoms with E-state index in [0.717, 1.165) is 11.0 Å². The molecule has 0 amide bonds. The second-order valence-corrected chi connectivity index (χ2v) is 4.97. The van der Waals surface area contributed by atoms with E-state index in [0.29, 0.717) is 5.92 Å². The lowest BCUT2D eigenvalue weighted by Crippen LogP contribution is -1.93. The van der Waals surface area contributed by atoms with Gasteiger partial charge in [-0.25, -0.2) is 0 Å². The first kappa shape index (κ1) is 9.88. The smallest absolute Gasteiger partial charge is 0.0887 e. The molecule has 3 heterocycles. The van der Waals surface area contributed by atoms with Gasteiger partial charge in [-0.15, -0.1) is 0 Å². The number of rotatable bonds is 2. The number of aromatic nitrogens is 4. The van der Waals surface area contributed by atoms with Crippen LogP contribution < -0.4 is 0 Å². The average Bonchev–Trinajstić information content (AvgIpc) is 3.04. The van der Waals surface area contributed by atoms with E-state index in [2.05, 4.69) is 38.9 Å². The molecule has 18 heavy (non-hydrogen) atoms. The minimum atomic E-state index is 0.675. The fourth-order valence-electron chi connectivity index (χ4n) is 2.60. The van der Waals surface area contributed by atoms with Crippen molar-refractivity contribution in [2.45, 2.75) is 18.8 Å². The predicted molar refractivity (Wildman–Crippen MR) is 70.3 cm³/mol. The maximum Gasteiger partial charge on any atom is 0.0887 e. The molecule has 3 aromatic rings. The van der Waals surface area contributed by atoms with Gasteiger partial charge in [-0.3, -0.25) is 10.1 Å². The Morgan fingerprint density at radius 2 is 2.28 bits per heavy atom. The molecule has 0 atom stereocenters. The van der Waals surface area contributed by atoms with E-state index in [1.165, 1.54) is 29.8 Å². The molecule has 0 bridgehead atoms. The van der Waals surface area contributed by atoms with Crippen molar-refractivity contribution in [1.29, 1.82) is 0 Å². The highest BCUT2D eigenvalue weighted by Crippen LogP contribution is 2.43. The minimum Gasteiger partial charge on any atom is -0.342 e. The molecule has 90 valence electrons. The minimum absolute atomic E-state index is 0.675. The summed E-state index contributed by atoms with van der Waals surface area (Å²) in [5, 5.41) is 7.37. The Balaban J connectivity index is 1.96. The number of aryl methyl sites for hydroxylation is 1. The Kier molecular flexibility index (Phi) is 1.89. The molecule has 1 aliphatic rings. The Morgan fingerprint density at radius 3 is 3.06 bits per heavy atom. The highest BCUT2D eigenvalue weighted by Gasteiger charge is 2.29. The zero-order valence-electron chi connectivity index (χ0n) is 10.2. The number of hydrogen-bond acceptors (Lipinski definition) is 2. The van der Waals surface area contributed by atoms with E-state index in [4.69, 9.17) is 0 Å². The van der Waals surface area contributed by atoms with Crippen LogP contribution in [0.25, 0.3) is 22.3 Å². The summed E-state index contributed by atoms with van der Waals surface area (Å²) in [4.78, 5) is 4.41. The zero-order chi connectivity index (χ0) is 12.1. The molecule has 1 saturated carbocycles. The summed E-state index contributed by atoms with van der Waals surface area (Å²) in [5.74, 6) is 0.675. The van der Waals surface area contributed by atoms with Gasteiger partial charge in [-0.2, -0.15) is 5.10 Å². The molecule has 0 radical (unpaired) electrons. The molecule has 0 aliphatic heterocycles. The summed E-state index contributed by atoms with van der Waals surface area (Å²) >= 11 is 0. The molecular formula is C14H14N4. The van der Waals surface area contributed by atoms with Crippen molar-refractivity contribution >= 4 is 11.0 Å². The number of nitrogens with zero attached hydrogens (tertiary/aromatic N) is 3. The standard InChI is InChI=1S/C14H14N4/c1-18-12-3-2-6-15-11(12)7-13(18)10-8-16-17-14(10)9-4-5-9/h2-3,6-9H,4-5H2,1H3,(H,16,17). The van der Waals surface area contributed by atoms with Gasteiger partial charge in [0.25, 0.3) is 0 Å². The van der Waals surface area contributed by atoms with Gasteiger partial charge in [0.05, 0.1) is 22.9 Å². The third-order valence-corrected chi connectivity index (χ3v) is 3.74. The maximum atomic E-state index is 4.41. The predicted octanol–water partition coefficient (Wildman–Crippen LogP) is 2.84. The summed E-state index contributed by atoms with van der Waals surface area (Å²) in [5.41, 5.74) is 5.90. The van der Waals surface area contributed by atoms with E-state index in [-0.39, 0.29) is 0 Å². The van der Waals surface area contributed by atoms with Crippen LogP contribution in [-0.4, -0.2) is 19.7 Å². The fraction of sp³-hybridized carbons (Fsp3) is 0.286. The van der Waals surface area contributed by atoms with Gasteiger partial charge in [-0.1, -0.05) is 0 Å². The van der Waals surface area contributed by atoms with Crippen LogP contribution in [0.3, 0.4) is 0 Å². The largest absolute Gasteiger partial charge is 0.342 e. The summed E-state index contributed by atoms with van der Waals surface area (Å²) in [7, 11) is 2.09. The third kappa shape index (κ3) is 1.32. The van der Waals surface area contributed by atoms with Gasteiger partial charge in [0.15, 0.2) is 0 Å². The van der Waals surface area contributed by atoms with Crippen LogP contribution in [0, 0.1) is 0 Å². The molecule has 0 spiro atoms. The lowest BCUT2D eigenvalue weighted by atomic mass is 10.1. The van der Waals surface area contributed by atoms with Crippen LogP contribution in [-0.2, 0) is 7.05 Å². The molecular weight excluding hydrogens is 224 g/mol. The van der Waals surface area contributed by atoms with Gasteiger partial charge in [0, 0.05) is 30.4 Å². The highest BCUT2D eigenvalue weighted by molar-refractivity contribution is 5.84. The molecule has 4 heteroatoms. The number of H-pyrrole nitrogens is 1. The topological polar surface area (TPSA) is 46.5 Å². The van der Waals surface area contributed by atoms with Crippen molar-refractivity contribution < 1.29 is 0 Å². The number of pyridine rings is 1. The van der Waals surface area contributed by atoms with Gasteiger partial charge in [0.1, 0.15) is 0 Å². The maximum absolute atomic E-state index is 4.41. The molecule has 4 rings (SSSR count). The summed E-state index contributed by atoms with van der Waals surface area (Å²) in [6.45, 7) is 0. The van der Waals surface area contributed by atoms with Crippen molar-refractivity contribution in [1.82, 2.24) is 19.7 Å². The second kappa shape index (κ2) is 3.45. The van der Waals surface area contributed by atoms with Crippen molar-refractivity contribution in [3.8, 4) is 11.3 Å². The fourth-order valence-corrected chi connectivity index (χ4v) is 2.60. The summed E-state index contributed by atoms with van der Waals surface area (Å²) in [6.07, 6.45) is 6.32. The van der Waals surface area contributed by atoms with Crippen LogP contribution in [0.5, 0.6) is 0 Å². The first-order valence-electron chi connectivity index (χ1n) is 6.28. The van der Waals surface area contributed by atoms with Gasteiger partial charge in [0.2, 0.25) is 0 Å². The lowest BCUT2D eigenvalue weighted by molar-refractivity contribution is 0.952. The third-order valence-electron chi connectivity index (χ3n) is 3.74. The zero-order valence-corrected chi connectivity index (χ0v) is 10.2. The van der Waals surface area contributed by atoms with E-state index in [1.807, 2.05) is 18.5 Å². The quantitative estimate of drug-likeness (QED) is 0.746. The van der Waals surface area contributed by atoms with E-state index in [9.17, 15) is 0 Å². The number of hydrogen-bond donors (Lipinski definition) is 1. The molecule has 0 aromatic carbocycles. The van der Waals surface area contributed by atoms with Crippen molar-refractivity contribution in [3.05, 3.63) is 36.3 Å². The van der Waals surface area contributed by atoms with Crippen molar-refractivity contribution in [3.63, 3.8) is 0 Å². The molecule has 3 aromatic heterocycles. The summed E-state index contributed by atoms with van der Waals surface area (Å²) < 4.78 is 2.19. The number of nitrogens with one attached hydrogen (secondary N) is 1. The van der Waals surface area contributed by atoms with E-state index < -0.39 is 0 Å². The number of aromatic amines is 1.